The van der Waals surface area contributed by atoms with Crippen LogP contribution in [0.1, 0.15) is 17.5 Å². The van der Waals surface area contributed by atoms with Gasteiger partial charge in [-0.1, -0.05) is 18.2 Å². The van der Waals surface area contributed by atoms with Crippen molar-refractivity contribution in [2.75, 3.05) is 33.4 Å². The maximum absolute atomic E-state index is 13.0. The summed E-state index contributed by atoms with van der Waals surface area (Å²) in [6.45, 7) is 2.24. The van der Waals surface area contributed by atoms with E-state index >= 15 is 0 Å². The zero-order valence-electron chi connectivity index (χ0n) is 13.0. The number of carbonyl (C=O) groups excluding carboxylic acids is 1. The molecular weight excluding hydrogens is 309 g/mol. The Morgan fingerprint density at radius 3 is 2.83 bits per heavy atom. The van der Waals surface area contributed by atoms with Crippen molar-refractivity contribution in [2.24, 2.45) is 5.92 Å². The molecule has 0 bridgehead atoms. The first kappa shape index (κ1) is 17.7. The molecule has 2 rings (SSSR count). The molecule has 1 heterocycles. The Bertz CT molecular complexity index is 534. The Labute approximate surface area is 133 Å². The topological polar surface area (TPSA) is 41.6 Å². The average molecular weight is 330 g/mol. The maximum Gasteiger partial charge on any atom is 0.416 e. The molecule has 0 unspecified atom stereocenters. The number of methoxy groups -OCH3 is 1. The van der Waals surface area contributed by atoms with Gasteiger partial charge in [0.15, 0.2) is 0 Å². The van der Waals surface area contributed by atoms with Gasteiger partial charge in [0.25, 0.3) is 0 Å². The third kappa shape index (κ3) is 5.21. The molecular formula is C16H21F3N2O2. The lowest BCUT2D eigenvalue weighted by Crippen LogP contribution is -2.33. The summed E-state index contributed by atoms with van der Waals surface area (Å²) in [4.78, 5) is 13.4. The summed E-state index contributed by atoms with van der Waals surface area (Å²) in [5.41, 5.74) is -0.277. The summed E-state index contributed by atoms with van der Waals surface area (Å²) in [6.07, 6.45) is -3.47. The lowest BCUT2D eigenvalue weighted by atomic mass is 10.1. The van der Waals surface area contributed by atoms with Gasteiger partial charge in [-0.05, 0) is 30.5 Å². The summed E-state index contributed by atoms with van der Waals surface area (Å²) in [5, 5.41) is 2.77. The van der Waals surface area contributed by atoms with E-state index in [0.717, 1.165) is 19.0 Å². The predicted octanol–water partition coefficient (Wildman–Crippen LogP) is 2.29. The van der Waals surface area contributed by atoms with Crippen molar-refractivity contribution in [3.8, 4) is 0 Å². The van der Waals surface area contributed by atoms with Gasteiger partial charge in [0, 0.05) is 26.7 Å². The normalized spacial score (nSPS) is 19.0. The van der Waals surface area contributed by atoms with Gasteiger partial charge in [-0.15, -0.1) is 0 Å². The van der Waals surface area contributed by atoms with E-state index < -0.39 is 11.7 Å². The minimum absolute atomic E-state index is 0.0232. The van der Waals surface area contributed by atoms with Crippen molar-refractivity contribution in [2.45, 2.75) is 19.1 Å². The first-order valence-corrected chi connectivity index (χ1v) is 7.53. The molecule has 0 spiro atoms. The fraction of sp³-hybridized carbons (Fsp3) is 0.562. The third-order valence-corrected chi connectivity index (χ3v) is 3.95. The second-order valence-electron chi connectivity index (χ2n) is 5.78. The van der Waals surface area contributed by atoms with Crippen LogP contribution in [0.15, 0.2) is 24.3 Å². The Morgan fingerprint density at radius 1 is 1.39 bits per heavy atom. The number of hydrogen-bond donors (Lipinski definition) is 1. The van der Waals surface area contributed by atoms with Crippen LogP contribution in [0.2, 0.25) is 0 Å². The Kier molecular flexibility index (Phi) is 6.01. The summed E-state index contributed by atoms with van der Waals surface area (Å²) in [6, 6.07) is 5.68. The number of halogens is 3. The van der Waals surface area contributed by atoms with Gasteiger partial charge in [0.1, 0.15) is 6.61 Å². The fourth-order valence-electron chi connectivity index (χ4n) is 2.84. The molecule has 1 aliphatic rings. The van der Waals surface area contributed by atoms with E-state index in [9.17, 15) is 18.0 Å². The number of hydrogen-bond acceptors (Lipinski definition) is 3. The molecule has 1 saturated heterocycles. The van der Waals surface area contributed by atoms with E-state index in [1.165, 1.54) is 19.2 Å². The molecule has 1 fully saturated rings. The maximum atomic E-state index is 13.0. The van der Waals surface area contributed by atoms with Gasteiger partial charge in [-0.2, -0.15) is 13.2 Å². The van der Waals surface area contributed by atoms with Crippen LogP contribution in [-0.4, -0.2) is 44.2 Å². The molecule has 1 amide bonds. The van der Waals surface area contributed by atoms with E-state index in [1.807, 2.05) is 4.90 Å². The van der Waals surface area contributed by atoms with Crippen LogP contribution in [0.3, 0.4) is 0 Å². The highest BCUT2D eigenvalue weighted by Gasteiger charge is 2.34. The second kappa shape index (κ2) is 7.79. The van der Waals surface area contributed by atoms with Crippen molar-refractivity contribution in [1.82, 2.24) is 10.2 Å². The quantitative estimate of drug-likeness (QED) is 0.870. The zero-order valence-corrected chi connectivity index (χ0v) is 13.0. The van der Waals surface area contributed by atoms with Crippen molar-refractivity contribution in [3.63, 3.8) is 0 Å². The van der Waals surface area contributed by atoms with Gasteiger partial charge in [0.2, 0.25) is 5.91 Å². The fourth-order valence-corrected chi connectivity index (χ4v) is 2.84. The van der Waals surface area contributed by atoms with Crippen molar-refractivity contribution >= 4 is 5.91 Å². The highest BCUT2D eigenvalue weighted by atomic mass is 19.4. The molecule has 1 N–H and O–H groups in total. The van der Waals surface area contributed by atoms with Gasteiger partial charge < -0.3 is 10.1 Å². The summed E-state index contributed by atoms with van der Waals surface area (Å²) >= 11 is 0. The van der Waals surface area contributed by atoms with Crippen LogP contribution in [0.25, 0.3) is 0 Å². The molecule has 0 aromatic heterocycles. The van der Waals surface area contributed by atoms with Crippen LogP contribution in [-0.2, 0) is 22.3 Å². The highest BCUT2D eigenvalue weighted by molar-refractivity contribution is 5.77. The van der Waals surface area contributed by atoms with Crippen molar-refractivity contribution < 1.29 is 22.7 Å². The van der Waals surface area contributed by atoms with Crippen LogP contribution in [0.5, 0.6) is 0 Å². The van der Waals surface area contributed by atoms with Crippen molar-refractivity contribution in [3.05, 3.63) is 35.4 Å². The van der Waals surface area contributed by atoms with Crippen LogP contribution in [0.4, 0.5) is 13.2 Å². The summed E-state index contributed by atoms with van der Waals surface area (Å²) in [7, 11) is 1.45. The smallest absolute Gasteiger partial charge is 0.375 e. The molecule has 1 aromatic rings. The molecule has 1 aliphatic heterocycles. The molecule has 0 aliphatic carbocycles. The van der Waals surface area contributed by atoms with E-state index in [4.69, 9.17) is 4.74 Å². The SMILES string of the molecule is COCC(=O)NC[C@H]1CCN(Cc2ccccc2C(F)(F)F)C1. The Balaban J connectivity index is 1.88. The molecule has 7 heteroatoms. The number of nitrogens with one attached hydrogen (secondary N) is 1. The van der Waals surface area contributed by atoms with E-state index in [1.54, 1.807) is 6.07 Å². The van der Waals surface area contributed by atoms with Gasteiger partial charge in [0.05, 0.1) is 5.56 Å². The average Bonchev–Trinajstić information content (AvgIpc) is 2.92. The largest absolute Gasteiger partial charge is 0.416 e. The van der Waals surface area contributed by atoms with Crippen LogP contribution < -0.4 is 5.32 Å². The molecule has 128 valence electrons. The minimum Gasteiger partial charge on any atom is -0.375 e. The van der Waals surface area contributed by atoms with E-state index in [-0.39, 0.29) is 25.0 Å². The molecule has 0 saturated carbocycles. The minimum atomic E-state index is -4.33. The standard InChI is InChI=1S/C16H21F3N2O2/c1-23-11-15(22)20-8-12-6-7-21(9-12)10-13-4-2-3-5-14(13)16(17,18)19/h2-5,12H,6-11H2,1H3,(H,20,22)/t12-/m1/s1. The molecule has 1 aromatic carbocycles. The Hall–Kier alpha value is -1.60. The van der Waals surface area contributed by atoms with Crippen LogP contribution in [0, 0.1) is 5.92 Å². The van der Waals surface area contributed by atoms with Crippen molar-refractivity contribution in [1.29, 1.82) is 0 Å². The lowest BCUT2D eigenvalue weighted by molar-refractivity contribution is -0.138. The van der Waals surface area contributed by atoms with Gasteiger partial charge >= 0.3 is 6.18 Å². The molecule has 1 atom stereocenters. The van der Waals surface area contributed by atoms with Gasteiger partial charge in [-0.25, -0.2) is 0 Å². The number of rotatable bonds is 6. The molecule has 23 heavy (non-hydrogen) atoms. The number of carbonyl (C=O) groups is 1. The van der Waals surface area contributed by atoms with Gasteiger partial charge in [-0.3, -0.25) is 9.69 Å². The number of ether oxygens (including phenoxy) is 1. The second-order valence-corrected chi connectivity index (χ2v) is 5.78. The lowest BCUT2D eigenvalue weighted by Gasteiger charge is -2.19. The van der Waals surface area contributed by atoms with E-state index in [0.29, 0.717) is 18.7 Å². The molecule has 0 radical (unpaired) electrons. The summed E-state index contributed by atoms with van der Waals surface area (Å²) < 4.78 is 43.7. The predicted molar refractivity (Wildman–Crippen MR) is 79.7 cm³/mol. The number of amides is 1. The number of nitrogens with zero attached hydrogens (tertiary/aromatic N) is 1. The van der Waals surface area contributed by atoms with E-state index in [2.05, 4.69) is 5.32 Å². The zero-order chi connectivity index (χ0) is 16.9. The number of alkyl halides is 3. The first-order valence-electron chi connectivity index (χ1n) is 7.53. The number of likely N-dealkylation sites (tertiary alicyclic amines) is 1. The third-order valence-electron chi connectivity index (χ3n) is 3.95. The first-order chi connectivity index (χ1) is 10.9. The highest BCUT2D eigenvalue weighted by Crippen LogP contribution is 2.33. The summed E-state index contributed by atoms with van der Waals surface area (Å²) in [5.74, 6) is 0.0854. The monoisotopic (exact) mass is 330 g/mol. The molecule has 4 nitrogen and oxygen atoms in total. The number of benzene rings is 1. The van der Waals surface area contributed by atoms with Crippen LogP contribution >= 0.6 is 0 Å². The Morgan fingerprint density at radius 2 is 2.13 bits per heavy atom.